The van der Waals surface area contributed by atoms with Crippen LogP contribution in [0.3, 0.4) is 0 Å². The number of anilines is 1. The molecular formula is C21H33N6O+. The number of nitrogens with one attached hydrogen (secondary N) is 1. The second-order valence-electron chi connectivity index (χ2n) is 8.18. The molecule has 0 saturated carbocycles. The number of nitrogens with zero attached hydrogens (tertiary/aromatic N) is 5. The van der Waals surface area contributed by atoms with Crippen molar-refractivity contribution in [3.8, 4) is 0 Å². The third-order valence-electron chi connectivity index (χ3n) is 6.50. The van der Waals surface area contributed by atoms with E-state index in [1.807, 2.05) is 4.68 Å². The molecule has 2 aliphatic heterocycles. The molecule has 0 aliphatic carbocycles. The summed E-state index contributed by atoms with van der Waals surface area (Å²) >= 11 is 0. The van der Waals surface area contributed by atoms with Crippen LogP contribution in [0.2, 0.25) is 0 Å². The molecule has 0 amide bonds. The molecule has 1 aromatic heterocycles. The fourth-order valence-corrected chi connectivity index (χ4v) is 4.69. The molecule has 7 nitrogen and oxygen atoms in total. The molecule has 2 fully saturated rings. The topological polar surface area (TPSA) is 60.5 Å². The number of hydrogen-bond donors (Lipinski definition) is 1. The molecule has 1 N–H and O–H groups in total. The highest BCUT2D eigenvalue weighted by molar-refractivity contribution is 5.56. The van der Waals surface area contributed by atoms with Gasteiger partial charge < -0.3 is 14.5 Å². The van der Waals surface area contributed by atoms with Crippen molar-refractivity contribution in [2.24, 2.45) is 0 Å². The van der Waals surface area contributed by atoms with E-state index in [2.05, 4.69) is 59.4 Å². The van der Waals surface area contributed by atoms with Crippen LogP contribution in [0.25, 0.3) is 0 Å². The minimum atomic E-state index is 0.260. The quantitative estimate of drug-likeness (QED) is 0.813. The molecule has 2 atom stereocenters. The van der Waals surface area contributed by atoms with Gasteiger partial charge in [-0.1, -0.05) is 19.1 Å². The van der Waals surface area contributed by atoms with Crippen LogP contribution in [-0.2, 0) is 11.3 Å². The summed E-state index contributed by atoms with van der Waals surface area (Å²) < 4.78 is 7.79. The van der Waals surface area contributed by atoms with Crippen LogP contribution in [0.5, 0.6) is 0 Å². The van der Waals surface area contributed by atoms with E-state index in [4.69, 9.17) is 4.74 Å². The van der Waals surface area contributed by atoms with Gasteiger partial charge in [-0.2, -0.15) is 0 Å². The summed E-state index contributed by atoms with van der Waals surface area (Å²) in [6.07, 6.45) is 3.56. The average molecular weight is 386 g/mol. The lowest BCUT2D eigenvalue weighted by molar-refractivity contribution is -0.933. The minimum Gasteiger partial charge on any atom is -0.376 e. The maximum absolute atomic E-state index is 5.79. The van der Waals surface area contributed by atoms with Crippen molar-refractivity contribution >= 4 is 5.69 Å². The minimum absolute atomic E-state index is 0.260. The number of rotatable bonds is 6. The smallest absolute Gasteiger partial charge is 0.209 e. The Balaban J connectivity index is 1.43. The number of benzene rings is 1. The predicted octanol–water partition coefficient (Wildman–Crippen LogP) is 1.33. The number of ether oxygens (including phenoxy) is 1. The SMILES string of the molecule is CC[C@@H](c1nnnn1C[C@@H]1CCCO1)[NH+]1CCN(c2cccc(C)c2C)CC1. The summed E-state index contributed by atoms with van der Waals surface area (Å²) in [6, 6.07) is 6.97. The highest BCUT2D eigenvalue weighted by Crippen LogP contribution is 2.23. The Hall–Kier alpha value is -1.99. The van der Waals surface area contributed by atoms with E-state index in [1.54, 1.807) is 4.90 Å². The van der Waals surface area contributed by atoms with Crippen LogP contribution in [0.4, 0.5) is 5.69 Å². The van der Waals surface area contributed by atoms with Gasteiger partial charge in [-0.15, -0.1) is 5.10 Å². The molecule has 0 bridgehead atoms. The van der Waals surface area contributed by atoms with Crippen molar-refractivity contribution in [1.82, 2.24) is 20.2 Å². The first-order valence-corrected chi connectivity index (χ1v) is 10.7. The highest BCUT2D eigenvalue weighted by Gasteiger charge is 2.32. The van der Waals surface area contributed by atoms with E-state index < -0.39 is 0 Å². The van der Waals surface area contributed by atoms with E-state index in [9.17, 15) is 0 Å². The molecule has 3 heterocycles. The van der Waals surface area contributed by atoms with Crippen molar-refractivity contribution in [2.45, 2.75) is 58.7 Å². The van der Waals surface area contributed by atoms with E-state index in [0.717, 1.165) is 64.4 Å². The standard InChI is InChI=1S/C21H32N6O/c1-4-19(21-22-23-24-27(21)15-18-8-6-14-28-18)25-10-12-26(13-11-25)20-9-5-7-16(2)17(20)3/h5,7,9,18-19H,4,6,8,10-15H2,1-3H3/p+1/t18-,19-/m0/s1. The lowest BCUT2D eigenvalue weighted by Crippen LogP contribution is -3.15. The largest absolute Gasteiger partial charge is 0.376 e. The summed E-state index contributed by atoms with van der Waals surface area (Å²) in [6.45, 7) is 12.7. The molecule has 2 aliphatic rings. The van der Waals surface area contributed by atoms with Gasteiger partial charge in [-0.25, -0.2) is 4.68 Å². The summed E-state index contributed by atoms with van der Waals surface area (Å²) in [4.78, 5) is 4.13. The Morgan fingerprint density at radius 3 is 2.79 bits per heavy atom. The van der Waals surface area contributed by atoms with Gasteiger partial charge in [-0.3, -0.25) is 0 Å². The zero-order valence-corrected chi connectivity index (χ0v) is 17.4. The Kier molecular flexibility index (Phi) is 5.92. The molecule has 0 unspecified atom stereocenters. The van der Waals surface area contributed by atoms with Gasteiger partial charge in [0, 0.05) is 18.7 Å². The van der Waals surface area contributed by atoms with Crippen LogP contribution in [0.1, 0.15) is 49.2 Å². The van der Waals surface area contributed by atoms with Crippen molar-refractivity contribution in [2.75, 3.05) is 37.7 Å². The number of quaternary nitrogens is 1. The maximum Gasteiger partial charge on any atom is 0.209 e. The van der Waals surface area contributed by atoms with E-state index in [-0.39, 0.29) is 6.10 Å². The van der Waals surface area contributed by atoms with Crippen LogP contribution in [-0.4, -0.2) is 59.1 Å². The van der Waals surface area contributed by atoms with Gasteiger partial charge in [-0.05, 0) is 54.3 Å². The molecule has 4 rings (SSSR count). The normalized spacial score (nSPS) is 22.0. The first kappa shape index (κ1) is 19.3. The lowest BCUT2D eigenvalue weighted by atomic mass is 10.1. The number of piperazine rings is 1. The Morgan fingerprint density at radius 1 is 1.25 bits per heavy atom. The Morgan fingerprint density at radius 2 is 2.07 bits per heavy atom. The van der Waals surface area contributed by atoms with E-state index in [1.165, 1.54) is 16.8 Å². The summed E-state index contributed by atoms with van der Waals surface area (Å²) in [5, 5.41) is 12.7. The molecule has 2 saturated heterocycles. The van der Waals surface area contributed by atoms with E-state index in [0.29, 0.717) is 6.04 Å². The van der Waals surface area contributed by atoms with Crippen LogP contribution < -0.4 is 9.80 Å². The summed E-state index contributed by atoms with van der Waals surface area (Å²) in [5.74, 6) is 1.02. The van der Waals surface area contributed by atoms with Gasteiger partial charge in [0.1, 0.15) is 6.04 Å². The monoisotopic (exact) mass is 385 g/mol. The third kappa shape index (κ3) is 3.91. The second-order valence-corrected chi connectivity index (χ2v) is 8.18. The summed E-state index contributed by atoms with van der Waals surface area (Å²) in [5.41, 5.74) is 4.15. The highest BCUT2D eigenvalue weighted by atomic mass is 16.5. The van der Waals surface area contributed by atoms with Crippen LogP contribution in [0, 0.1) is 13.8 Å². The van der Waals surface area contributed by atoms with Gasteiger partial charge >= 0.3 is 0 Å². The van der Waals surface area contributed by atoms with Crippen LogP contribution >= 0.6 is 0 Å². The van der Waals surface area contributed by atoms with E-state index >= 15 is 0 Å². The first-order chi connectivity index (χ1) is 13.7. The number of aryl methyl sites for hydroxylation is 1. The number of aromatic nitrogens is 4. The second kappa shape index (κ2) is 8.57. The van der Waals surface area contributed by atoms with Crippen molar-refractivity contribution in [1.29, 1.82) is 0 Å². The molecule has 7 heteroatoms. The molecular weight excluding hydrogens is 352 g/mol. The van der Waals surface area contributed by atoms with Crippen molar-refractivity contribution < 1.29 is 9.64 Å². The van der Waals surface area contributed by atoms with Crippen molar-refractivity contribution in [3.05, 3.63) is 35.2 Å². The predicted molar refractivity (Wildman–Crippen MR) is 109 cm³/mol. The Bertz CT molecular complexity index is 777. The van der Waals surface area contributed by atoms with Crippen LogP contribution in [0.15, 0.2) is 18.2 Å². The van der Waals surface area contributed by atoms with Gasteiger partial charge in [0.05, 0.1) is 38.8 Å². The van der Waals surface area contributed by atoms with Gasteiger partial charge in [0.25, 0.3) is 0 Å². The van der Waals surface area contributed by atoms with Gasteiger partial charge in [0.2, 0.25) is 5.82 Å². The molecule has 2 aromatic rings. The van der Waals surface area contributed by atoms with Crippen molar-refractivity contribution in [3.63, 3.8) is 0 Å². The molecule has 28 heavy (non-hydrogen) atoms. The maximum atomic E-state index is 5.79. The third-order valence-corrected chi connectivity index (χ3v) is 6.50. The number of tetrazole rings is 1. The zero-order valence-electron chi connectivity index (χ0n) is 17.4. The lowest BCUT2D eigenvalue weighted by Gasteiger charge is -2.37. The van der Waals surface area contributed by atoms with Gasteiger partial charge in [0.15, 0.2) is 0 Å². The fourth-order valence-electron chi connectivity index (χ4n) is 4.69. The fraction of sp³-hybridized carbons (Fsp3) is 0.667. The molecule has 0 radical (unpaired) electrons. The Labute approximate surface area is 167 Å². The molecule has 0 spiro atoms. The average Bonchev–Trinajstić information content (AvgIpc) is 3.38. The summed E-state index contributed by atoms with van der Waals surface area (Å²) in [7, 11) is 0. The molecule has 152 valence electrons. The molecule has 1 aromatic carbocycles. The zero-order chi connectivity index (χ0) is 19.5. The number of hydrogen-bond acceptors (Lipinski definition) is 5. The first-order valence-electron chi connectivity index (χ1n) is 10.7.